The van der Waals surface area contributed by atoms with E-state index in [1.54, 1.807) is 0 Å². The molecule has 1 heterocycles. The topological polar surface area (TPSA) is 76.7 Å². The van der Waals surface area contributed by atoms with Crippen LogP contribution in [0.1, 0.15) is 23.2 Å². The highest BCUT2D eigenvalue weighted by Gasteiger charge is 2.24. The zero-order chi connectivity index (χ0) is 15.2. The Bertz CT molecular complexity index is 519. The third kappa shape index (κ3) is 4.12. The zero-order valence-corrected chi connectivity index (χ0v) is 11.0. The number of nitrogens with one attached hydrogen (secondary N) is 2. The van der Waals surface area contributed by atoms with E-state index in [2.05, 4.69) is 15.6 Å². The van der Waals surface area contributed by atoms with Crippen LogP contribution in [0.2, 0.25) is 0 Å². The second-order valence-electron chi connectivity index (χ2n) is 4.32. The number of hydrogen-bond donors (Lipinski definition) is 2. The van der Waals surface area contributed by atoms with Crippen molar-refractivity contribution < 1.29 is 27.8 Å². The summed E-state index contributed by atoms with van der Waals surface area (Å²) >= 11 is 0. The first-order chi connectivity index (χ1) is 10.1. The molecule has 0 saturated carbocycles. The summed E-state index contributed by atoms with van der Waals surface area (Å²) in [5.74, 6) is -1.50. The number of benzene rings is 1. The minimum absolute atomic E-state index is 0.106. The van der Waals surface area contributed by atoms with E-state index in [4.69, 9.17) is 4.74 Å². The van der Waals surface area contributed by atoms with Crippen LogP contribution in [0.25, 0.3) is 0 Å². The monoisotopic (exact) mass is 300 g/mol. The molecule has 21 heavy (non-hydrogen) atoms. The lowest BCUT2D eigenvalue weighted by molar-refractivity contribution is -0.130. The van der Waals surface area contributed by atoms with E-state index < -0.39 is 24.5 Å². The SMILES string of the molecule is O=C(NNC(=O)C1CCCO1)c1ccccc1OC(F)F. The van der Waals surface area contributed by atoms with Gasteiger partial charge in [-0.3, -0.25) is 20.4 Å². The van der Waals surface area contributed by atoms with Crippen LogP contribution in [0, 0.1) is 0 Å². The van der Waals surface area contributed by atoms with Crippen molar-refractivity contribution in [2.75, 3.05) is 6.61 Å². The van der Waals surface area contributed by atoms with Crippen LogP contribution in [-0.2, 0) is 9.53 Å². The quantitative estimate of drug-likeness (QED) is 0.820. The zero-order valence-electron chi connectivity index (χ0n) is 11.0. The molecule has 1 aliphatic rings. The molecule has 0 aliphatic carbocycles. The van der Waals surface area contributed by atoms with Crippen LogP contribution in [0.15, 0.2) is 24.3 Å². The van der Waals surface area contributed by atoms with Crippen molar-refractivity contribution >= 4 is 11.8 Å². The van der Waals surface area contributed by atoms with E-state index in [0.29, 0.717) is 13.0 Å². The van der Waals surface area contributed by atoms with E-state index in [-0.39, 0.29) is 11.3 Å². The summed E-state index contributed by atoms with van der Waals surface area (Å²) in [5.41, 5.74) is 4.24. The maximum Gasteiger partial charge on any atom is 0.387 e. The Morgan fingerprint density at radius 2 is 2.05 bits per heavy atom. The number of carbonyl (C=O) groups excluding carboxylic acids is 2. The highest BCUT2D eigenvalue weighted by Crippen LogP contribution is 2.19. The van der Waals surface area contributed by atoms with Crippen LogP contribution in [0.5, 0.6) is 5.75 Å². The van der Waals surface area contributed by atoms with Gasteiger partial charge in [0.1, 0.15) is 11.9 Å². The molecule has 1 aromatic carbocycles. The van der Waals surface area contributed by atoms with Crippen LogP contribution in [0.4, 0.5) is 8.78 Å². The van der Waals surface area contributed by atoms with E-state index in [0.717, 1.165) is 6.42 Å². The van der Waals surface area contributed by atoms with Gasteiger partial charge in [0.2, 0.25) is 0 Å². The first-order valence-corrected chi connectivity index (χ1v) is 6.33. The van der Waals surface area contributed by atoms with Crippen molar-refractivity contribution in [3.63, 3.8) is 0 Å². The Labute approximate surface area is 119 Å². The minimum atomic E-state index is -3.04. The van der Waals surface area contributed by atoms with Gasteiger partial charge in [-0.05, 0) is 25.0 Å². The summed E-state index contributed by atoms with van der Waals surface area (Å²) in [4.78, 5) is 23.5. The molecule has 8 heteroatoms. The molecule has 1 aliphatic heterocycles. The largest absolute Gasteiger partial charge is 0.434 e. The van der Waals surface area contributed by atoms with Crippen molar-refractivity contribution in [3.8, 4) is 5.75 Å². The smallest absolute Gasteiger partial charge is 0.387 e. The first-order valence-electron chi connectivity index (χ1n) is 6.33. The summed E-state index contributed by atoms with van der Waals surface area (Å²) in [6, 6.07) is 5.50. The van der Waals surface area contributed by atoms with Crippen molar-refractivity contribution in [1.82, 2.24) is 10.9 Å². The Kier molecular flexibility index (Phi) is 5.04. The summed E-state index contributed by atoms with van der Waals surface area (Å²) in [5, 5.41) is 0. The lowest BCUT2D eigenvalue weighted by Crippen LogP contribution is -2.46. The van der Waals surface area contributed by atoms with Crippen molar-refractivity contribution in [1.29, 1.82) is 0 Å². The Hall–Kier alpha value is -2.22. The summed E-state index contributed by atoms with van der Waals surface area (Å²) < 4.78 is 33.9. The second-order valence-corrected chi connectivity index (χ2v) is 4.32. The van der Waals surface area contributed by atoms with Gasteiger partial charge in [0.25, 0.3) is 11.8 Å². The van der Waals surface area contributed by atoms with Crippen molar-refractivity contribution in [2.24, 2.45) is 0 Å². The molecule has 2 N–H and O–H groups in total. The molecule has 1 atom stereocenters. The number of rotatable bonds is 4. The van der Waals surface area contributed by atoms with E-state index in [9.17, 15) is 18.4 Å². The van der Waals surface area contributed by atoms with Gasteiger partial charge in [-0.25, -0.2) is 0 Å². The number of alkyl halides is 2. The lowest BCUT2D eigenvalue weighted by Gasteiger charge is -2.13. The molecule has 1 saturated heterocycles. The fourth-order valence-corrected chi connectivity index (χ4v) is 1.90. The number of ether oxygens (including phenoxy) is 2. The number of hydrazine groups is 1. The predicted octanol–water partition coefficient (Wildman–Crippen LogP) is 1.23. The Morgan fingerprint density at radius 1 is 1.29 bits per heavy atom. The standard InChI is InChI=1S/C13H14F2N2O4/c14-13(15)21-9-5-2-1-4-8(9)11(18)16-17-12(19)10-6-3-7-20-10/h1-2,4-5,10,13H,3,6-7H2,(H,16,18)(H,17,19). The molecular formula is C13H14F2N2O4. The molecule has 1 unspecified atom stereocenters. The summed E-state index contributed by atoms with van der Waals surface area (Å²) in [6.07, 6.45) is 0.752. The Balaban J connectivity index is 1.95. The summed E-state index contributed by atoms with van der Waals surface area (Å²) in [7, 11) is 0. The number of halogens is 2. The molecule has 1 fully saturated rings. The van der Waals surface area contributed by atoms with Crippen LogP contribution in [0.3, 0.4) is 0 Å². The van der Waals surface area contributed by atoms with Crippen LogP contribution < -0.4 is 15.6 Å². The minimum Gasteiger partial charge on any atom is -0.434 e. The predicted molar refractivity (Wildman–Crippen MR) is 67.7 cm³/mol. The molecular weight excluding hydrogens is 286 g/mol. The molecule has 114 valence electrons. The highest BCUT2D eigenvalue weighted by atomic mass is 19.3. The maximum absolute atomic E-state index is 12.2. The third-order valence-electron chi connectivity index (χ3n) is 2.87. The number of amides is 2. The normalized spacial score (nSPS) is 17.6. The molecule has 2 rings (SSSR count). The van der Waals surface area contributed by atoms with Crippen LogP contribution >= 0.6 is 0 Å². The van der Waals surface area contributed by atoms with Crippen molar-refractivity contribution in [2.45, 2.75) is 25.6 Å². The molecule has 2 amide bonds. The fourth-order valence-electron chi connectivity index (χ4n) is 1.90. The van der Waals surface area contributed by atoms with Crippen molar-refractivity contribution in [3.05, 3.63) is 29.8 Å². The van der Waals surface area contributed by atoms with Gasteiger partial charge in [0, 0.05) is 6.61 Å². The van der Waals surface area contributed by atoms with Crippen LogP contribution in [-0.4, -0.2) is 31.1 Å². The maximum atomic E-state index is 12.2. The number of hydrogen-bond acceptors (Lipinski definition) is 4. The molecule has 0 radical (unpaired) electrons. The van der Waals surface area contributed by atoms with Gasteiger partial charge in [-0.2, -0.15) is 8.78 Å². The fraction of sp³-hybridized carbons (Fsp3) is 0.385. The van der Waals surface area contributed by atoms with Gasteiger partial charge in [0.05, 0.1) is 5.56 Å². The third-order valence-corrected chi connectivity index (χ3v) is 2.87. The average molecular weight is 300 g/mol. The van der Waals surface area contributed by atoms with Gasteiger partial charge >= 0.3 is 6.61 Å². The lowest BCUT2D eigenvalue weighted by atomic mass is 10.2. The molecule has 6 nitrogen and oxygen atoms in total. The number of carbonyl (C=O) groups is 2. The summed E-state index contributed by atoms with van der Waals surface area (Å²) in [6.45, 7) is -2.54. The first kappa shape index (κ1) is 15.2. The van der Waals surface area contributed by atoms with Gasteiger partial charge in [-0.1, -0.05) is 12.1 Å². The molecule has 1 aromatic rings. The van der Waals surface area contributed by atoms with Gasteiger partial charge in [-0.15, -0.1) is 0 Å². The van der Waals surface area contributed by atoms with E-state index >= 15 is 0 Å². The molecule has 0 bridgehead atoms. The highest BCUT2D eigenvalue weighted by molar-refractivity contribution is 5.98. The van der Waals surface area contributed by atoms with E-state index in [1.807, 2.05) is 0 Å². The second kappa shape index (κ2) is 6.98. The number of para-hydroxylation sites is 1. The molecule has 0 aromatic heterocycles. The van der Waals surface area contributed by atoms with Gasteiger partial charge < -0.3 is 9.47 Å². The van der Waals surface area contributed by atoms with Gasteiger partial charge in [0.15, 0.2) is 0 Å². The molecule has 0 spiro atoms. The van der Waals surface area contributed by atoms with E-state index in [1.165, 1.54) is 24.3 Å². The Morgan fingerprint density at radius 3 is 2.71 bits per heavy atom. The average Bonchev–Trinajstić information content (AvgIpc) is 2.98.